The molecule has 0 radical (unpaired) electrons. The van der Waals surface area contributed by atoms with E-state index in [0.29, 0.717) is 18.5 Å². The fourth-order valence-electron chi connectivity index (χ4n) is 4.56. The van der Waals surface area contributed by atoms with Gasteiger partial charge in [0.15, 0.2) is 0 Å². The van der Waals surface area contributed by atoms with Crippen molar-refractivity contribution in [2.24, 2.45) is 17.4 Å². The fraction of sp³-hybridized carbons (Fsp3) is 0.280. The van der Waals surface area contributed by atoms with E-state index >= 15 is 0 Å². The third-order valence-electron chi connectivity index (χ3n) is 6.35. The van der Waals surface area contributed by atoms with E-state index in [9.17, 15) is 22.8 Å². The Labute approximate surface area is 204 Å². The van der Waals surface area contributed by atoms with Crippen LogP contribution in [-0.2, 0) is 4.74 Å². The third kappa shape index (κ3) is 5.15. The Hall–Kier alpha value is -3.99. The van der Waals surface area contributed by atoms with Gasteiger partial charge in [-0.05, 0) is 60.6 Å². The number of nitrogens with two attached hydrogens (primary N) is 2. The lowest BCUT2D eigenvalue weighted by atomic mass is 9.74. The maximum absolute atomic E-state index is 14.4. The van der Waals surface area contributed by atoms with Crippen molar-refractivity contribution in [2.75, 3.05) is 5.32 Å². The highest BCUT2D eigenvalue weighted by Gasteiger charge is 2.37. The molecule has 36 heavy (non-hydrogen) atoms. The van der Waals surface area contributed by atoms with Crippen molar-refractivity contribution in [1.82, 2.24) is 9.97 Å². The van der Waals surface area contributed by atoms with Crippen molar-refractivity contribution in [3.05, 3.63) is 77.5 Å². The average molecular weight is 499 g/mol. The lowest BCUT2D eigenvalue weighted by Gasteiger charge is -2.38. The SMILES string of the molecule is C[C@H]1C[C@@H](c2ccncc2NC(=O)c2ccc(F)c(-c3c(F)cccc3F)n2)C[C@@H](OC(N)=O)[C@H]1N. The van der Waals surface area contributed by atoms with Crippen molar-refractivity contribution < 1.29 is 27.5 Å². The molecule has 5 N–H and O–H groups in total. The molecule has 0 spiro atoms. The van der Waals surface area contributed by atoms with Gasteiger partial charge in [-0.3, -0.25) is 9.78 Å². The van der Waals surface area contributed by atoms with Crippen molar-refractivity contribution in [3.8, 4) is 11.3 Å². The first-order valence-electron chi connectivity index (χ1n) is 11.2. The number of halogens is 3. The molecule has 0 aliphatic heterocycles. The lowest BCUT2D eigenvalue weighted by molar-refractivity contribution is 0.0451. The van der Waals surface area contributed by atoms with Gasteiger partial charge in [0.05, 0.1) is 17.4 Å². The maximum atomic E-state index is 14.4. The minimum Gasteiger partial charge on any atom is -0.445 e. The Morgan fingerprint density at radius 2 is 1.78 bits per heavy atom. The van der Waals surface area contributed by atoms with E-state index in [2.05, 4.69) is 15.3 Å². The summed E-state index contributed by atoms with van der Waals surface area (Å²) >= 11 is 0. The molecule has 2 amide bonds. The summed E-state index contributed by atoms with van der Waals surface area (Å²) in [4.78, 5) is 32.3. The predicted molar refractivity (Wildman–Crippen MR) is 125 cm³/mol. The van der Waals surface area contributed by atoms with Gasteiger partial charge in [0.1, 0.15) is 34.9 Å². The van der Waals surface area contributed by atoms with Crippen LogP contribution in [0, 0.1) is 23.4 Å². The average Bonchev–Trinajstić information content (AvgIpc) is 2.83. The molecule has 11 heteroatoms. The number of amides is 2. The Balaban J connectivity index is 1.62. The van der Waals surface area contributed by atoms with Gasteiger partial charge in [-0.15, -0.1) is 0 Å². The highest BCUT2D eigenvalue weighted by molar-refractivity contribution is 6.03. The number of nitrogens with one attached hydrogen (secondary N) is 1. The quantitative estimate of drug-likeness (QED) is 0.484. The molecule has 2 heterocycles. The van der Waals surface area contributed by atoms with Gasteiger partial charge in [-0.25, -0.2) is 22.9 Å². The zero-order valence-electron chi connectivity index (χ0n) is 19.3. The van der Waals surface area contributed by atoms with E-state index in [1.807, 2.05) is 6.92 Å². The Kier molecular flexibility index (Phi) is 7.20. The number of hydrogen-bond acceptors (Lipinski definition) is 6. The first-order valence-corrected chi connectivity index (χ1v) is 11.2. The zero-order chi connectivity index (χ0) is 26.0. The van der Waals surface area contributed by atoms with Crippen molar-refractivity contribution >= 4 is 17.7 Å². The number of hydrogen-bond donors (Lipinski definition) is 3. The number of benzene rings is 1. The molecule has 1 saturated carbocycles. The minimum absolute atomic E-state index is 0.0122. The molecule has 4 rings (SSSR count). The van der Waals surface area contributed by atoms with Crippen LogP contribution in [0.4, 0.5) is 23.7 Å². The van der Waals surface area contributed by atoms with Crippen LogP contribution in [0.15, 0.2) is 48.8 Å². The number of ether oxygens (including phenoxy) is 1. The van der Waals surface area contributed by atoms with E-state index in [0.717, 1.165) is 35.9 Å². The van der Waals surface area contributed by atoms with Crippen LogP contribution in [0.1, 0.15) is 41.7 Å². The summed E-state index contributed by atoms with van der Waals surface area (Å²) in [5, 5.41) is 2.70. The van der Waals surface area contributed by atoms with Crippen LogP contribution in [0.3, 0.4) is 0 Å². The molecule has 2 aromatic heterocycles. The number of pyridine rings is 2. The number of rotatable bonds is 5. The number of aromatic nitrogens is 2. The number of nitrogens with zero attached hydrogens (tertiary/aromatic N) is 2. The van der Waals surface area contributed by atoms with Gasteiger partial charge >= 0.3 is 6.09 Å². The number of primary amides is 1. The summed E-state index contributed by atoms with van der Waals surface area (Å²) in [6.45, 7) is 1.93. The summed E-state index contributed by atoms with van der Waals surface area (Å²) in [5.74, 6) is -3.89. The van der Waals surface area contributed by atoms with E-state index < -0.39 is 52.9 Å². The molecule has 188 valence electrons. The van der Waals surface area contributed by atoms with Crippen LogP contribution < -0.4 is 16.8 Å². The van der Waals surface area contributed by atoms with Crippen molar-refractivity contribution in [3.63, 3.8) is 0 Å². The molecule has 8 nitrogen and oxygen atoms in total. The maximum Gasteiger partial charge on any atom is 0.404 e. The molecule has 3 aromatic rings. The largest absolute Gasteiger partial charge is 0.445 e. The van der Waals surface area contributed by atoms with Crippen LogP contribution >= 0.6 is 0 Å². The van der Waals surface area contributed by atoms with Gasteiger partial charge in [0.2, 0.25) is 0 Å². The van der Waals surface area contributed by atoms with Crippen LogP contribution in [0.25, 0.3) is 11.3 Å². The van der Waals surface area contributed by atoms with E-state index in [4.69, 9.17) is 16.2 Å². The molecule has 1 aliphatic rings. The first-order chi connectivity index (χ1) is 17.2. The monoisotopic (exact) mass is 499 g/mol. The molecular weight excluding hydrogens is 475 g/mol. The van der Waals surface area contributed by atoms with Crippen LogP contribution in [-0.4, -0.2) is 34.1 Å². The fourth-order valence-corrected chi connectivity index (χ4v) is 4.56. The van der Waals surface area contributed by atoms with Gasteiger partial charge in [-0.2, -0.15) is 0 Å². The molecule has 1 fully saturated rings. The molecule has 0 unspecified atom stereocenters. The molecule has 4 atom stereocenters. The van der Waals surface area contributed by atoms with Crippen molar-refractivity contribution in [1.29, 1.82) is 0 Å². The topological polar surface area (TPSA) is 133 Å². The third-order valence-corrected chi connectivity index (χ3v) is 6.35. The second-order valence-electron chi connectivity index (χ2n) is 8.74. The van der Waals surface area contributed by atoms with Gasteiger partial charge in [-0.1, -0.05) is 13.0 Å². The Bertz CT molecular complexity index is 1290. The summed E-state index contributed by atoms with van der Waals surface area (Å²) in [5.41, 5.74) is 10.9. The Morgan fingerprint density at radius 3 is 2.47 bits per heavy atom. The summed E-state index contributed by atoms with van der Waals surface area (Å²) in [6.07, 6.45) is 2.51. The van der Waals surface area contributed by atoms with E-state index in [-0.39, 0.29) is 17.5 Å². The van der Waals surface area contributed by atoms with E-state index in [1.54, 1.807) is 12.3 Å². The normalized spacial score (nSPS) is 21.6. The predicted octanol–water partition coefficient (Wildman–Crippen LogP) is 4.12. The number of carbonyl (C=O) groups is 2. The van der Waals surface area contributed by atoms with Crippen molar-refractivity contribution in [2.45, 2.75) is 37.8 Å². The smallest absolute Gasteiger partial charge is 0.404 e. The van der Waals surface area contributed by atoms with Crippen LogP contribution in [0.2, 0.25) is 0 Å². The molecular formula is C25H24F3N5O3. The molecule has 0 bridgehead atoms. The van der Waals surface area contributed by atoms with Crippen LogP contribution in [0.5, 0.6) is 0 Å². The first kappa shape index (κ1) is 25.1. The standard InChI is InChI=1S/C25H24F3N5O3/c1-12-9-13(10-20(22(12)29)36-25(30)35)14-7-8-31-11-19(14)33-24(34)18-6-5-17(28)23(32-18)21-15(26)3-2-4-16(21)27/h2-8,11-13,20,22H,9-10,29H2,1H3,(H2,30,35)(H,33,34)/t12-,13+,20+,22-/m0/s1. The second kappa shape index (κ2) is 10.3. The second-order valence-corrected chi connectivity index (χ2v) is 8.74. The highest BCUT2D eigenvalue weighted by Crippen LogP contribution is 2.39. The summed E-state index contributed by atoms with van der Waals surface area (Å²) in [7, 11) is 0. The molecule has 1 aliphatic carbocycles. The van der Waals surface area contributed by atoms with E-state index in [1.165, 1.54) is 6.20 Å². The van der Waals surface area contributed by atoms with Gasteiger partial charge in [0, 0.05) is 12.2 Å². The Morgan fingerprint density at radius 1 is 1.06 bits per heavy atom. The number of anilines is 1. The number of carbonyl (C=O) groups excluding carboxylic acids is 2. The minimum atomic E-state index is -1.01. The molecule has 0 saturated heterocycles. The molecule has 1 aromatic carbocycles. The van der Waals surface area contributed by atoms with Gasteiger partial charge < -0.3 is 21.5 Å². The highest BCUT2D eigenvalue weighted by atomic mass is 19.1. The summed E-state index contributed by atoms with van der Waals surface area (Å²) in [6, 6.07) is 6.45. The lowest BCUT2D eigenvalue weighted by Crippen LogP contribution is -2.48. The van der Waals surface area contributed by atoms with Gasteiger partial charge in [0.25, 0.3) is 5.91 Å². The zero-order valence-corrected chi connectivity index (χ0v) is 19.3. The summed E-state index contributed by atoms with van der Waals surface area (Å²) < 4.78 is 48.1.